The summed E-state index contributed by atoms with van der Waals surface area (Å²) >= 11 is 0. The van der Waals surface area contributed by atoms with Crippen LogP contribution in [-0.4, -0.2) is 50.0 Å². The van der Waals surface area contributed by atoms with E-state index in [9.17, 15) is 16.8 Å². The molecular weight excluding hydrogens is 717 g/mol. The van der Waals surface area contributed by atoms with Crippen LogP contribution in [-0.2, 0) is 59.8 Å². The molecule has 10 nitrogen and oxygen atoms in total. The van der Waals surface area contributed by atoms with Crippen LogP contribution in [0.4, 0.5) is 0 Å². The highest BCUT2D eigenvalue weighted by Crippen LogP contribution is 2.39. The molecule has 0 amide bonds. The molecule has 0 radical (unpaired) electrons. The van der Waals surface area contributed by atoms with Gasteiger partial charge >= 0.3 is 0 Å². The molecule has 0 bridgehead atoms. The van der Waals surface area contributed by atoms with Gasteiger partial charge in [-0.2, -0.15) is 0 Å². The molecule has 0 saturated heterocycles. The minimum absolute atomic E-state index is 0.265. The minimum atomic E-state index is -3.50. The number of hydrogen-bond donors (Lipinski definition) is 2. The van der Waals surface area contributed by atoms with Crippen LogP contribution >= 0.6 is 0 Å². The van der Waals surface area contributed by atoms with Gasteiger partial charge in [-0.15, -0.1) is 0 Å². The largest absolute Gasteiger partial charge is 0.340 e. The normalized spacial score (nSPS) is 16.4. The standard InChI is InChI=1S/2C21H23N3O2S/c2*1-22-27(25,26)18-10-9-17(20(12-18)21-13-24(2)14-23-21)11-16-8-7-15-5-3-4-6-19(15)16/h2*3-6,9-10,12-14,16,22H,7-8,11H2,1-2H3/t2*16-/m10/s1. The number of imidazole rings is 2. The third-order valence-electron chi connectivity index (χ3n) is 10.7. The predicted octanol–water partition coefficient (Wildman–Crippen LogP) is 6.54. The topological polar surface area (TPSA) is 128 Å². The summed E-state index contributed by atoms with van der Waals surface area (Å²) in [4.78, 5) is 9.45. The van der Waals surface area contributed by atoms with Crippen molar-refractivity contribution < 1.29 is 16.8 Å². The average molecular weight is 763 g/mol. The first-order chi connectivity index (χ1) is 26.0. The summed E-state index contributed by atoms with van der Waals surface area (Å²) in [6, 6.07) is 28.0. The molecule has 0 fully saturated rings. The third-order valence-corrected chi connectivity index (χ3v) is 13.6. The number of nitrogens with zero attached hydrogens (tertiary/aromatic N) is 4. The highest BCUT2D eigenvalue weighted by molar-refractivity contribution is 7.89. The lowest BCUT2D eigenvalue weighted by molar-refractivity contribution is 0.586. The fourth-order valence-corrected chi connectivity index (χ4v) is 9.38. The van der Waals surface area contributed by atoms with Crippen LogP contribution in [0.3, 0.4) is 0 Å². The molecule has 6 aromatic rings. The molecule has 2 N–H and O–H groups in total. The molecule has 2 aliphatic rings. The van der Waals surface area contributed by atoms with Gasteiger partial charge in [-0.05, 0) is 122 Å². The molecule has 0 unspecified atom stereocenters. The Morgan fingerprint density at radius 3 is 1.39 bits per heavy atom. The van der Waals surface area contributed by atoms with E-state index in [1.807, 2.05) is 47.8 Å². The quantitative estimate of drug-likeness (QED) is 0.163. The van der Waals surface area contributed by atoms with Gasteiger partial charge in [0.25, 0.3) is 0 Å². The lowest BCUT2D eigenvalue weighted by Gasteiger charge is -2.16. The molecule has 280 valence electrons. The number of sulfonamides is 2. The van der Waals surface area contributed by atoms with Gasteiger partial charge in [0.15, 0.2) is 0 Å². The monoisotopic (exact) mass is 762 g/mol. The van der Waals surface area contributed by atoms with Gasteiger partial charge in [-0.25, -0.2) is 36.2 Å². The number of aryl methyl sites for hydroxylation is 4. The SMILES string of the molecule is CNS(=O)(=O)c1ccc(C[C@@H]2CCc3ccccc32)c(-c2cn(C)cn2)c1.CNS(=O)(=O)c1ccc(C[C@H]2CCc3ccccc32)c(-c2cn(C)cn2)c1. The Labute approximate surface area is 318 Å². The zero-order chi connectivity index (χ0) is 38.0. The van der Waals surface area contributed by atoms with Gasteiger partial charge in [-0.3, -0.25) is 0 Å². The number of aromatic nitrogens is 4. The van der Waals surface area contributed by atoms with Crippen LogP contribution in [0, 0.1) is 0 Å². The van der Waals surface area contributed by atoms with E-state index in [-0.39, 0.29) is 9.79 Å². The van der Waals surface area contributed by atoms with E-state index < -0.39 is 20.0 Å². The average Bonchev–Trinajstić information content (AvgIpc) is 4.00. The maximum Gasteiger partial charge on any atom is 0.240 e. The molecule has 0 saturated carbocycles. The number of benzene rings is 4. The molecule has 54 heavy (non-hydrogen) atoms. The molecule has 2 aromatic heterocycles. The van der Waals surface area contributed by atoms with Gasteiger partial charge in [0.1, 0.15) is 0 Å². The Balaban J connectivity index is 0.000000167. The van der Waals surface area contributed by atoms with Gasteiger partial charge in [0, 0.05) is 37.6 Å². The summed E-state index contributed by atoms with van der Waals surface area (Å²) in [6.45, 7) is 0. The van der Waals surface area contributed by atoms with Crippen molar-refractivity contribution in [1.29, 1.82) is 0 Å². The fraction of sp³-hybridized carbons (Fsp3) is 0.286. The van der Waals surface area contributed by atoms with Crippen LogP contribution in [0.25, 0.3) is 22.5 Å². The van der Waals surface area contributed by atoms with Crippen molar-refractivity contribution in [2.75, 3.05) is 14.1 Å². The number of hydrogen-bond acceptors (Lipinski definition) is 6. The number of nitrogens with one attached hydrogen (secondary N) is 2. The van der Waals surface area contributed by atoms with Gasteiger partial charge < -0.3 is 9.13 Å². The molecule has 12 heteroatoms. The molecular formula is C42H46N6O4S2. The van der Waals surface area contributed by atoms with Gasteiger partial charge in [-0.1, -0.05) is 60.7 Å². The lowest BCUT2D eigenvalue weighted by Crippen LogP contribution is -2.18. The second kappa shape index (κ2) is 15.5. The molecule has 2 aliphatic carbocycles. The van der Waals surface area contributed by atoms with E-state index in [1.54, 1.807) is 36.9 Å². The van der Waals surface area contributed by atoms with Gasteiger partial charge in [0.05, 0.1) is 33.8 Å². The summed E-state index contributed by atoms with van der Waals surface area (Å²) in [5.41, 5.74) is 11.3. The third kappa shape index (κ3) is 7.83. The first kappa shape index (κ1) is 37.4. The molecule has 8 rings (SSSR count). The maximum atomic E-state index is 12.3. The summed E-state index contributed by atoms with van der Waals surface area (Å²) in [7, 11) is -0.310. The predicted molar refractivity (Wildman–Crippen MR) is 212 cm³/mol. The van der Waals surface area contributed by atoms with Crippen LogP contribution in [0.5, 0.6) is 0 Å². The maximum absolute atomic E-state index is 12.3. The van der Waals surface area contributed by atoms with Crippen LogP contribution in [0.2, 0.25) is 0 Å². The summed E-state index contributed by atoms with van der Waals surface area (Å²) in [6.07, 6.45) is 13.5. The first-order valence-electron chi connectivity index (χ1n) is 18.2. The molecule has 4 aromatic carbocycles. The van der Waals surface area contributed by atoms with Crippen molar-refractivity contribution >= 4 is 20.0 Å². The second-order valence-corrected chi connectivity index (χ2v) is 18.0. The van der Waals surface area contributed by atoms with E-state index in [2.05, 4.69) is 67.9 Å². The molecule has 2 atom stereocenters. The summed E-state index contributed by atoms with van der Waals surface area (Å²) in [5.74, 6) is 0.908. The van der Waals surface area contributed by atoms with Crippen LogP contribution in [0.15, 0.2) is 120 Å². The molecule has 2 heterocycles. The first-order valence-corrected chi connectivity index (χ1v) is 21.2. The van der Waals surface area contributed by atoms with Crippen molar-refractivity contribution in [3.05, 3.63) is 143 Å². The zero-order valence-corrected chi connectivity index (χ0v) is 32.7. The van der Waals surface area contributed by atoms with E-state index in [1.165, 1.54) is 36.3 Å². The number of fused-ring (bicyclic) bond motifs is 2. The minimum Gasteiger partial charge on any atom is -0.340 e. The van der Waals surface area contributed by atoms with E-state index in [4.69, 9.17) is 0 Å². The Morgan fingerprint density at radius 2 is 1.02 bits per heavy atom. The highest BCUT2D eigenvalue weighted by Gasteiger charge is 2.26. The second-order valence-electron chi connectivity index (χ2n) is 14.2. The summed E-state index contributed by atoms with van der Waals surface area (Å²) < 4.78 is 57.6. The summed E-state index contributed by atoms with van der Waals surface area (Å²) in [5, 5.41) is 0. The van der Waals surface area contributed by atoms with Crippen molar-refractivity contribution in [2.24, 2.45) is 14.1 Å². The molecule has 0 spiro atoms. The zero-order valence-electron chi connectivity index (χ0n) is 31.0. The smallest absolute Gasteiger partial charge is 0.240 e. The van der Waals surface area contributed by atoms with E-state index >= 15 is 0 Å². The number of rotatable bonds is 10. The van der Waals surface area contributed by atoms with Gasteiger partial charge in [0.2, 0.25) is 20.0 Å². The Hall–Kier alpha value is -4.88. The Morgan fingerprint density at radius 1 is 0.611 bits per heavy atom. The van der Waals surface area contributed by atoms with E-state index in [0.717, 1.165) is 72.2 Å². The van der Waals surface area contributed by atoms with Crippen molar-refractivity contribution in [1.82, 2.24) is 28.5 Å². The fourth-order valence-electron chi connectivity index (χ4n) is 7.86. The van der Waals surface area contributed by atoms with Crippen molar-refractivity contribution in [3.8, 4) is 22.5 Å². The van der Waals surface area contributed by atoms with Crippen LogP contribution in [0.1, 0.15) is 58.1 Å². The lowest BCUT2D eigenvalue weighted by atomic mass is 9.90. The van der Waals surface area contributed by atoms with Crippen LogP contribution < -0.4 is 9.44 Å². The van der Waals surface area contributed by atoms with Crippen molar-refractivity contribution in [3.63, 3.8) is 0 Å². The van der Waals surface area contributed by atoms with Crippen molar-refractivity contribution in [2.45, 2.75) is 60.2 Å². The molecule has 0 aliphatic heterocycles. The van der Waals surface area contributed by atoms with E-state index in [0.29, 0.717) is 11.8 Å². The Kier molecular flexibility index (Phi) is 10.7. The Bertz CT molecular complexity index is 2350. The highest BCUT2D eigenvalue weighted by atomic mass is 32.2.